The standard InChI is InChI=1S/C19H16ClF6N5O2/c1-9-8-17(33,19(24,25)26)31(28-9)16(32)13-7-15-27-12(10-2-4-11(20)5-3-10)6-14(18(21,22)23)30(15)29-13/h2-5,7,12,14,27,33H,6,8H2,1H3/t12-,14+,17+/m1/s1. The third kappa shape index (κ3) is 4.03. The van der Waals surface area contributed by atoms with Crippen LogP contribution in [0.4, 0.5) is 32.2 Å². The van der Waals surface area contributed by atoms with Gasteiger partial charge in [0.1, 0.15) is 5.82 Å². The number of benzene rings is 1. The maximum Gasteiger partial charge on any atom is 0.438 e. The van der Waals surface area contributed by atoms with E-state index in [4.69, 9.17) is 11.6 Å². The molecular weight excluding hydrogens is 480 g/mol. The van der Waals surface area contributed by atoms with Crippen molar-refractivity contribution < 1.29 is 36.2 Å². The number of nitrogens with one attached hydrogen (secondary N) is 1. The monoisotopic (exact) mass is 495 g/mol. The summed E-state index contributed by atoms with van der Waals surface area (Å²) in [7, 11) is 0. The molecule has 0 radical (unpaired) electrons. The molecule has 0 bridgehead atoms. The topological polar surface area (TPSA) is 82.8 Å². The van der Waals surface area contributed by atoms with E-state index < -0.39 is 54.6 Å². The van der Waals surface area contributed by atoms with E-state index in [-0.39, 0.29) is 16.5 Å². The predicted molar refractivity (Wildman–Crippen MR) is 105 cm³/mol. The Hall–Kier alpha value is -2.80. The molecule has 2 aliphatic heterocycles. The molecule has 0 fully saturated rings. The van der Waals surface area contributed by atoms with E-state index in [0.717, 1.165) is 6.07 Å². The number of hydrogen-bond acceptors (Lipinski definition) is 5. The number of nitrogens with zero attached hydrogens (tertiary/aromatic N) is 4. The van der Waals surface area contributed by atoms with Gasteiger partial charge in [-0.3, -0.25) is 4.79 Å². The second kappa shape index (κ2) is 7.62. The van der Waals surface area contributed by atoms with Crippen molar-refractivity contribution in [3.63, 3.8) is 0 Å². The van der Waals surface area contributed by atoms with E-state index >= 15 is 0 Å². The second-order valence-corrected chi connectivity index (χ2v) is 8.28. The van der Waals surface area contributed by atoms with Gasteiger partial charge in [0.05, 0.1) is 6.04 Å². The Kier molecular flexibility index (Phi) is 5.39. The van der Waals surface area contributed by atoms with Crippen LogP contribution < -0.4 is 5.32 Å². The van der Waals surface area contributed by atoms with Crippen molar-refractivity contribution in [2.24, 2.45) is 5.10 Å². The van der Waals surface area contributed by atoms with E-state index in [0.29, 0.717) is 15.3 Å². The summed E-state index contributed by atoms with van der Waals surface area (Å²) in [5.74, 6) is -1.71. The first-order valence-corrected chi connectivity index (χ1v) is 9.94. The van der Waals surface area contributed by atoms with Gasteiger partial charge in [-0.05, 0) is 24.6 Å². The number of carbonyl (C=O) groups excluding carboxylic acids is 1. The molecule has 33 heavy (non-hydrogen) atoms. The van der Waals surface area contributed by atoms with Crippen molar-refractivity contribution in [3.05, 3.63) is 46.6 Å². The van der Waals surface area contributed by atoms with Crippen molar-refractivity contribution in [1.82, 2.24) is 14.8 Å². The lowest BCUT2D eigenvalue weighted by Gasteiger charge is -2.33. The first kappa shape index (κ1) is 23.4. The van der Waals surface area contributed by atoms with Gasteiger partial charge < -0.3 is 10.4 Å². The molecule has 3 atom stereocenters. The fraction of sp³-hybridized carbons (Fsp3) is 0.421. The zero-order valence-electron chi connectivity index (χ0n) is 16.7. The first-order valence-electron chi connectivity index (χ1n) is 9.57. The maximum absolute atomic E-state index is 13.8. The molecule has 0 aliphatic carbocycles. The van der Waals surface area contributed by atoms with E-state index in [9.17, 15) is 36.2 Å². The van der Waals surface area contributed by atoms with Crippen molar-refractivity contribution in [3.8, 4) is 0 Å². The lowest BCUT2D eigenvalue weighted by Crippen LogP contribution is -2.56. The highest BCUT2D eigenvalue weighted by Crippen LogP contribution is 2.45. The summed E-state index contributed by atoms with van der Waals surface area (Å²) in [5.41, 5.74) is -4.05. The minimum atomic E-state index is -5.25. The van der Waals surface area contributed by atoms with Gasteiger partial charge in [-0.2, -0.15) is 41.6 Å². The molecule has 3 heterocycles. The van der Waals surface area contributed by atoms with Crippen LogP contribution in [0.2, 0.25) is 5.02 Å². The smallest absolute Gasteiger partial charge is 0.363 e. The van der Waals surface area contributed by atoms with Gasteiger partial charge >= 0.3 is 12.4 Å². The molecule has 0 saturated carbocycles. The van der Waals surface area contributed by atoms with Crippen LogP contribution in [0.25, 0.3) is 0 Å². The normalized spacial score (nSPS) is 25.5. The van der Waals surface area contributed by atoms with Crippen LogP contribution in [-0.4, -0.2) is 49.6 Å². The van der Waals surface area contributed by atoms with Gasteiger partial charge in [-0.25, -0.2) is 4.68 Å². The van der Waals surface area contributed by atoms with Crippen LogP contribution in [0.3, 0.4) is 0 Å². The minimum absolute atomic E-state index is 0.179. The van der Waals surface area contributed by atoms with Crippen molar-refractivity contribution in [2.45, 2.75) is 49.9 Å². The summed E-state index contributed by atoms with van der Waals surface area (Å²) in [6, 6.07) is 4.01. The Labute approximate surface area is 187 Å². The van der Waals surface area contributed by atoms with Crippen molar-refractivity contribution >= 4 is 29.0 Å². The fourth-order valence-corrected chi connectivity index (χ4v) is 3.98. The van der Waals surface area contributed by atoms with E-state index in [1.807, 2.05) is 0 Å². The Balaban J connectivity index is 1.72. The summed E-state index contributed by atoms with van der Waals surface area (Å²) in [6.45, 7) is 1.18. The van der Waals surface area contributed by atoms with Crippen molar-refractivity contribution in [1.29, 1.82) is 0 Å². The third-order valence-corrected chi connectivity index (χ3v) is 5.70. The molecule has 4 rings (SSSR count). The number of hydrogen-bond donors (Lipinski definition) is 2. The maximum atomic E-state index is 13.8. The molecule has 7 nitrogen and oxygen atoms in total. The highest BCUT2D eigenvalue weighted by atomic mass is 35.5. The lowest BCUT2D eigenvalue weighted by atomic mass is 9.97. The molecule has 0 saturated heterocycles. The summed E-state index contributed by atoms with van der Waals surface area (Å²) in [5, 5.41) is 20.2. The quantitative estimate of drug-likeness (QED) is 0.593. The molecule has 0 unspecified atom stereocenters. The Morgan fingerprint density at radius 2 is 1.85 bits per heavy atom. The largest absolute Gasteiger partial charge is 0.438 e. The van der Waals surface area contributed by atoms with Gasteiger partial charge in [0, 0.05) is 29.6 Å². The van der Waals surface area contributed by atoms with E-state index in [2.05, 4.69) is 15.5 Å². The van der Waals surface area contributed by atoms with Crippen LogP contribution >= 0.6 is 11.6 Å². The Bertz CT molecular complexity index is 1110. The van der Waals surface area contributed by atoms with Crippen molar-refractivity contribution in [2.75, 3.05) is 5.32 Å². The van der Waals surface area contributed by atoms with Crippen LogP contribution in [0.15, 0.2) is 35.4 Å². The SMILES string of the molecule is CC1=NN(C(=O)c2cc3n(n2)[C@H](C(F)(F)F)C[C@H](c2ccc(Cl)cc2)N3)[C@@](O)(C(F)(F)F)C1. The number of amides is 1. The number of aliphatic hydroxyl groups is 1. The van der Waals surface area contributed by atoms with Crippen LogP contribution in [0.1, 0.15) is 47.9 Å². The molecule has 0 spiro atoms. The number of rotatable bonds is 2. The predicted octanol–water partition coefficient (Wildman–Crippen LogP) is 4.67. The highest BCUT2D eigenvalue weighted by Gasteiger charge is 2.63. The van der Waals surface area contributed by atoms with Gasteiger partial charge in [-0.15, -0.1) is 0 Å². The molecule has 2 N–H and O–H groups in total. The summed E-state index contributed by atoms with van der Waals surface area (Å²) < 4.78 is 82.2. The third-order valence-electron chi connectivity index (χ3n) is 5.45. The highest BCUT2D eigenvalue weighted by molar-refractivity contribution is 6.30. The zero-order valence-corrected chi connectivity index (χ0v) is 17.5. The number of carbonyl (C=O) groups is 1. The molecule has 2 aromatic rings. The molecule has 1 aromatic heterocycles. The molecular formula is C19H16ClF6N5O2. The fourth-order valence-electron chi connectivity index (χ4n) is 3.85. The number of fused-ring (bicyclic) bond motifs is 1. The van der Waals surface area contributed by atoms with Crippen LogP contribution in [0, 0.1) is 0 Å². The second-order valence-electron chi connectivity index (χ2n) is 7.84. The Morgan fingerprint density at radius 1 is 1.21 bits per heavy atom. The lowest BCUT2D eigenvalue weighted by molar-refractivity contribution is -0.297. The van der Waals surface area contributed by atoms with Crippen LogP contribution in [-0.2, 0) is 0 Å². The summed E-state index contributed by atoms with van der Waals surface area (Å²) >= 11 is 5.83. The van der Waals surface area contributed by atoms with Gasteiger partial charge in [0.15, 0.2) is 11.7 Å². The molecule has 1 amide bonds. The Morgan fingerprint density at radius 3 is 2.42 bits per heavy atom. The van der Waals surface area contributed by atoms with Crippen LogP contribution in [0.5, 0.6) is 0 Å². The van der Waals surface area contributed by atoms with Gasteiger partial charge in [0.25, 0.3) is 11.6 Å². The van der Waals surface area contributed by atoms with Gasteiger partial charge in [0.2, 0.25) is 0 Å². The molecule has 14 heteroatoms. The zero-order chi connectivity index (χ0) is 24.3. The average molecular weight is 496 g/mol. The number of halogens is 7. The number of anilines is 1. The summed E-state index contributed by atoms with van der Waals surface area (Å²) in [6.07, 6.45) is -11.5. The molecule has 178 valence electrons. The molecule has 2 aliphatic rings. The van der Waals surface area contributed by atoms with E-state index in [1.54, 1.807) is 0 Å². The number of aromatic nitrogens is 2. The minimum Gasteiger partial charge on any atom is -0.363 e. The summed E-state index contributed by atoms with van der Waals surface area (Å²) in [4.78, 5) is 12.8. The van der Waals surface area contributed by atoms with E-state index in [1.165, 1.54) is 31.2 Å². The first-order chi connectivity index (χ1) is 15.2. The number of hydrazone groups is 1. The number of alkyl halides is 6. The molecule has 1 aromatic carbocycles. The van der Waals surface area contributed by atoms with Gasteiger partial charge in [-0.1, -0.05) is 23.7 Å². The average Bonchev–Trinajstić information content (AvgIpc) is 3.27.